The minimum atomic E-state index is -0.379. The first-order valence-corrected chi connectivity index (χ1v) is 9.61. The lowest BCUT2D eigenvalue weighted by Crippen LogP contribution is -2.41. The fraction of sp³-hybridized carbons (Fsp3) is 0.455. The van der Waals surface area contributed by atoms with Gasteiger partial charge in [-0.1, -0.05) is 6.07 Å². The van der Waals surface area contributed by atoms with Crippen molar-refractivity contribution in [2.75, 3.05) is 18.6 Å². The molecule has 2 aromatic rings. The molecule has 0 bridgehead atoms. The van der Waals surface area contributed by atoms with E-state index in [9.17, 15) is 9.59 Å². The summed E-state index contributed by atoms with van der Waals surface area (Å²) in [6.07, 6.45) is 0.205. The summed E-state index contributed by atoms with van der Waals surface area (Å²) in [6.45, 7) is 8.57. The maximum absolute atomic E-state index is 13.2. The van der Waals surface area contributed by atoms with E-state index >= 15 is 0 Å². The first-order valence-electron chi connectivity index (χ1n) is 9.61. The van der Waals surface area contributed by atoms with Crippen molar-refractivity contribution in [1.82, 2.24) is 4.90 Å². The highest BCUT2D eigenvalue weighted by Gasteiger charge is 2.39. The number of amides is 2. The summed E-state index contributed by atoms with van der Waals surface area (Å²) in [6, 6.07) is 9.51. The smallest absolute Gasteiger partial charge is 0.228 e. The minimum absolute atomic E-state index is 0.00978. The summed E-state index contributed by atoms with van der Waals surface area (Å²) in [4.78, 5) is 29.4. The van der Waals surface area contributed by atoms with Crippen LogP contribution in [0.15, 0.2) is 34.7 Å². The van der Waals surface area contributed by atoms with E-state index < -0.39 is 0 Å². The lowest BCUT2D eigenvalue weighted by molar-refractivity contribution is -0.138. The average molecular weight is 384 g/mol. The number of carbonyl (C=O) groups is 2. The van der Waals surface area contributed by atoms with Crippen molar-refractivity contribution in [2.24, 2.45) is 5.92 Å². The van der Waals surface area contributed by atoms with Gasteiger partial charge in [0.15, 0.2) is 0 Å². The Morgan fingerprint density at radius 3 is 2.64 bits per heavy atom. The van der Waals surface area contributed by atoms with E-state index in [1.54, 1.807) is 16.9 Å². The Bertz CT molecular complexity index is 871. The third-order valence-electron chi connectivity index (χ3n) is 5.13. The number of rotatable bonds is 6. The lowest BCUT2D eigenvalue weighted by Gasteiger charge is -2.28. The lowest BCUT2D eigenvalue weighted by atomic mass is 10.1. The summed E-state index contributed by atoms with van der Waals surface area (Å²) in [7, 11) is 1.59. The molecular formula is C22H28N2O4. The second kappa shape index (κ2) is 8.09. The van der Waals surface area contributed by atoms with E-state index in [1.165, 1.54) is 0 Å². The molecular weight excluding hydrogens is 356 g/mol. The van der Waals surface area contributed by atoms with Crippen LogP contribution >= 0.6 is 0 Å². The number of benzene rings is 1. The van der Waals surface area contributed by atoms with Crippen molar-refractivity contribution in [2.45, 2.75) is 46.7 Å². The Hall–Kier alpha value is -2.76. The number of hydrogen-bond donors (Lipinski definition) is 0. The van der Waals surface area contributed by atoms with Gasteiger partial charge in [0.1, 0.15) is 17.3 Å². The molecule has 0 N–H and O–H groups in total. The number of anilines is 1. The van der Waals surface area contributed by atoms with Crippen molar-refractivity contribution >= 4 is 17.5 Å². The summed E-state index contributed by atoms with van der Waals surface area (Å²) >= 11 is 0. The maximum Gasteiger partial charge on any atom is 0.228 e. The van der Waals surface area contributed by atoms with Crippen molar-refractivity contribution < 1.29 is 18.7 Å². The first-order chi connectivity index (χ1) is 13.3. The molecule has 3 rings (SSSR count). The summed E-state index contributed by atoms with van der Waals surface area (Å²) in [5.74, 6) is 1.75. The number of nitrogens with zero attached hydrogens (tertiary/aromatic N) is 2. The van der Waals surface area contributed by atoms with E-state index in [2.05, 4.69) is 0 Å². The Kier molecular flexibility index (Phi) is 5.77. The predicted octanol–water partition coefficient (Wildman–Crippen LogP) is 3.70. The topological polar surface area (TPSA) is 63.0 Å². The summed E-state index contributed by atoms with van der Waals surface area (Å²) in [5.41, 5.74) is 1.76. The third kappa shape index (κ3) is 4.06. The molecule has 0 spiro atoms. The highest BCUT2D eigenvalue weighted by atomic mass is 16.5. The van der Waals surface area contributed by atoms with Crippen LogP contribution in [-0.4, -0.2) is 36.4 Å². The molecule has 1 aliphatic heterocycles. The molecule has 1 unspecified atom stereocenters. The van der Waals surface area contributed by atoms with E-state index in [0.717, 1.165) is 22.8 Å². The van der Waals surface area contributed by atoms with E-state index in [1.807, 2.05) is 58.0 Å². The van der Waals surface area contributed by atoms with Gasteiger partial charge in [0.25, 0.3) is 0 Å². The molecule has 150 valence electrons. The fourth-order valence-corrected chi connectivity index (χ4v) is 3.60. The zero-order valence-electron chi connectivity index (χ0n) is 17.2. The van der Waals surface area contributed by atoms with Crippen molar-refractivity contribution in [3.05, 3.63) is 47.4 Å². The first kappa shape index (κ1) is 20.0. The molecule has 1 aromatic carbocycles. The van der Waals surface area contributed by atoms with E-state index in [4.69, 9.17) is 9.15 Å². The molecule has 1 atom stereocenters. The number of hydrogen-bond acceptors (Lipinski definition) is 4. The SMILES string of the molecule is COc1ccc(C)cc1N1CC(C(=O)N(Cc2ccc(C)o2)C(C)C)CC1=O. The maximum atomic E-state index is 13.2. The Morgan fingerprint density at radius 2 is 2.04 bits per heavy atom. The van der Waals surface area contributed by atoms with Gasteiger partial charge in [-0.15, -0.1) is 0 Å². The Morgan fingerprint density at radius 1 is 1.29 bits per heavy atom. The van der Waals surface area contributed by atoms with Crippen LogP contribution < -0.4 is 9.64 Å². The van der Waals surface area contributed by atoms with E-state index in [0.29, 0.717) is 18.8 Å². The normalized spacial score (nSPS) is 16.7. The molecule has 1 fully saturated rings. The van der Waals surface area contributed by atoms with Crippen LogP contribution in [0.4, 0.5) is 5.69 Å². The Labute approximate surface area is 166 Å². The molecule has 0 saturated carbocycles. The number of aryl methyl sites for hydroxylation is 2. The predicted molar refractivity (Wildman–Crippen MR) is 107 cm³/mol. The van der Waals surface area contributed by atoms with Crippen molar-refractivity contribution in [1.29, 1.82) is 0 Å². The van der Waals surface area contributed by atoms with Gasteiger partial charge in [-0.25, -0.2) is 0 Å². The van der Waals surface area contributed by atoms with Gasteiger partial charge in [-0.2, -0.15) is 0 Å². The van der Waals surface area contributed by atoms with Gasteiger partial charge in [0, 0.05) is 19.0 Å². The number of furan rings is 1. The molecule has 28 heavy (non-hydrogen) atoms. The summed E-state index contributed by atoms with van der Waals surface area (Å²) in [5, 5.41) is 0. The molecule has 1 aromatic heterocycles. The molecule has 2 heterocycles. The average Bonchev–Trinajstić information content (AvgIpc) is 3.24. The largest absolute Gasteiger partial charge is 0.495 e. The van der Waals surface area contributed by atoms with Crippen molar-refractivity contribution in [3.63, 3.8) is 0 Å². The van der Waals surface area contributed by atoms with Crippen LogP contribution in [0.1, 0.15) is 37.4 Å². The third-order valence-corrected chi connectivity index (χ3v) is 5.13. The molecule has 1 saturated heterocycles. The molecule has 6 heteroatoms. The van der Waals surface area contributed by atoms with Gasteiger partial charge < -0.3 is 19.0 Å². The standard InChI is InChI=1S/C22H28N2O4/c1-14(2)23(13-18-8-7-16(4)28-18)22(26)17-11-21(25)24(12-17)19-10-15(3)6-9-20(19)27-5/h6-10,14,17H,11-13H2,1-5H3. The molecule has 2 amide bonds. The second-order valence-electron chi connectivity index (χ2n) is 7.65. The summed E-state index contributed by atoms with van der Waals surface area (Å²) < 4.78 is 11.1. The monoisotopic (exact) mass is 384 g/mol. The van der Waals surface area contributed by atoms with Crippen LogP contribution in [0.2, 0.25) is 0 Å². The van der Waals surface area contributed by atoms with Crippen LogP contribution in [-0.2, 0) is 16.1 Å². The Balaban J connectivity index is 1.79. The van der Waals surface area contributed by atoms with Gasteiger partial charge >= 0.3 is 0 Å². The molecule has 6 nitrogen and oxygen atoms in total. The van der Waals surface area contributed by atoms with Crippen LogP contribution in [0, 0.1) is 19.8 Å². The quantitative estimate of drug-likeness (QED) is 0.762. The number of ether oxygens (including phenoxy) is 1. The van der Waals surface area contributed by atoms with Crippen molar-refractivity contribution in [3.8, 4) is 5.75 Å². The fourth-order valence-electron chi connectivity index (χ4n) is 3.60. The van der Waals surface area contributed by atoms with Gasteiger partial charge in [0.05, 0.1) is 25.3 Å². The van der Waals surface area contributed by atoms with Gasteiger partial charge in [0.2, 0.25) is 11.8 Å². The van der Waals surface area contributed by atoms with E-state index in [-0.39, 0.29) is 30.2 Å². The van der Waals surface area contributed by atoms with Gasteiger partial charge in [-0.05, 0) is 57.5 Å². The minimum Gasteiger partial charge on any atom is -0.495 e. The number of methoxy groups -OCH3 is 1. The highest BCUT2D eigenvalue weighted by Crippen LogP contribution is 2.34. The van der Waals surface area contributed by atoms with Crippen LogP contribution in [0.3, 0.4) is 0 Å². The van der Waals surface area contributed by atoms with Gasteiger partial charge in [-0.3, -0.25) is 9.59 Å². The number of carbonyl (C=O) groups excluding carboxylic acids is 2. The highest BCUT2D eigenvalue weighted by molar-refractivity contribution is 6.01. The molecule has 1 aliphatic rings. The molecule has 0 radical (unpaired) electrons. The molecule has 0 aliphatic carbocycles. The van der Waals surface area contributed by atoms with Crippen LogP contribution in [0.5, 0.6) is 5.75 Å². The zero-order chi connectivity index (χ0) is 20.4. The van der Waals surface area contributed by atoms with Crippen LogP contribution in [0.25, 0.3) is 0 Å². The second-order valence-corrected chi connectivity index (χ2v) is 7.65. The zero-order valence-corrected chi connectivity index (χ0v) is 17.2.